The minimum Gasteiger partial charge on any atom is -0.374 e. The van der Waals surface area contributed by atoms with Crippen LogP contribution in [0.4, 0.5) is 8.78 Å². The summed E-state index contributed by atoms with van der Waals surface area (Å²) in [5.41, 5.74) is 2.71. The van der Waals surface area contributed by atoms with Crippen molar-refractivity contribution >= 4 is 0 Å². The van der Waals surface area contributed by atoms with E-state index < -0.39 is 11.6 Å². The Morgan fingerprint density at radius 3 is 1.97 bits per heavy atom. The first kappa shape index (κ1) is 26.3. The van der Waals surface area contributed by atoms with Crippen LogP contribution in [0.1, 0.15) is 102 Å². The Kier molecular flexibility index (Phi) is 10.2. The van der Waals surface area contributed by atoms with Crippen molar-refractivity contribution in [3.63, 3.8) is 0 Å². The van der Waals surface area contributed by atoms with Crippen molar-refractivity contribution in [1.82, 2.24) is 0 Å². The van der Waals surface area contributed by atoms with Crippen LogP contribution in [0.2, 0.25) is 0 Å². The summed E-state index contributed by atoms with van der Waals surface area (Å²) in [7, 11) is 0. The van der Waals surface area contributed by atoms with Crippen LogP contribution in [-0.2, 0) is 11.3 Å². The number of unbranched alkanes of at least 4 members (excludes halogenated alkanes) is 4. The fraction of sp³-hybridized carbons (Fsp3) is 0.625. The van der Waals surface area contributed by atoms with Gasteiger partial charge in [0.1, 0.15) is 0 Å². The molecule has 35 heavy (non-hydrogen) atoms. The van der Waals surface area contributed by atoms with Crippen molar-refractivity contribution < 1.29 is 13.5 Å². The Balaban J connectivity index is 1.13. The van der Waals surface area contributed by atoms with Crippen molar-refractivity contribution in [2.75, 3.05) is 0 Å². The highest BCUT2D eigenvalue weighted by atomic mass is 19.2. The molecule has 2 aromatic rings. The predicted octanol–water partition coefficient (Wildman–Crippen LogP) is 9.87. The Morgan fingerprint density at radius 2 is 1.31 bits per heavy atom. The monoisotopic (exact) mass is 482 g/mol. The quantitative estimate of drug-likeness (QED) is 0.290. The number of rotatable bonds is 11. The van der Waals surface area contributed by atoms with Crippen LogP contribution in [0.3, 0.4) is 0 Å². The first-order valence-electron chi connectivity index (χ1n) is 14.3. The van der Waals surface area contributed by atoms with E-state index >= 15 is 0 Å². The van der Waals surface area contributed by atoms with Crippen molar-refractivity contribution in [2.45, 2.75) is 110 Å². The van der Waals surface area contributed by atoms with E-state index in [4.69, 9.17) is 4.74 Å². The van der Waals surface area contributed by atoms with E-state index in [2.05, 4.69) is 6.92 Å². The van der Waals surface area contributed by atoms with Crippen LogP contribution >= 0.6 is 0 Å². The molecular formula is C32H44F2O. The van der Waals surface area contributed by atoms with Gasteiger partial charge in [0.25, 0.3) is 0 Å². The lowest BCUT2D eigenvalue weighted by molar-refractivity contribution is -0.00285. The molecule has 0 bridgehead atoms. The molecule has 0 aliphatic heterocycles. The SMILES string of the molecule is CCCCCCCC1CCC(C2CCC(OCc3ccc(-c4ccc(F)c(F)c4)cc3)CC2)CC1. The Labute approximate surface area is 211 Å². The van der Waals surface area contributed by atoms with Crippen LogP contribution in [-0.4, -0.2) is 6.10 Å². The summed E-state index contributed by atoms with van der Waals surface area (Å²) in [4.78, 5) is 0. The van der Waals surface area contributed by atoms with Crippen LogP contribution in [0.5, 0.6) is 0 Å². The molecule has 3 heteroatoms. The fourth-order valence-electron chi connectivity index (χ4n) is 6.39. The predicted molar refractivity (Wildman–Crippen MR) is 141 cm³/mol. The zero-order chi connectivity index (χ0) is 24.5. The van der Waals surface area contributed by atoms with Gasteiger partial charge in [-0.15, -0.1) is 0 Å². The normalized spacial score (nSPS) is 25.0. The van der Waals surface area contributed by atoms with E-state index in [1.54, 1.807) is 6.07 Å². The standard InChI is InChI=1S/C32H44F2O/c1-2-3-4-5-6-7-24-8-12-26(13-9-24)27-16-19-30(20-17-27)35-23-25-10-14-28(15-11-25)29-18-21-31(33)32(34)22-29/h10-11,14-15,18,21-22,24,26-27,30H,2-9,12-13,16-17,19-20,23H2,1H3. The van der Waals surface area contributed by atoms with Gasteiger partial charge in [-0.3, -0.25) is 0 Å². The van der Waals surface area contributed by atoms with Crippen molar-refractivity contribution in [3.8, 4) is 11.1 Å². The topological polar surface area (TPSA) is 9.23 Å². The Morgan fingerprint density at radius 1 is 0.686 bits per heavy atom. The van der Waals surface area contributed by atoms with Crippen molar-refractivity contribution in [2.24, 2.45) is 17.8 Å². The molecule has 0 heterocycles. The highest BCUT2D eigenvalue weighted by Crippen LogP contribution is 2.41. The lowest BCUT2D eigenvalue weighted by Gasteiger charge is -2.38. The summed E-state index contributed by atoms with van der Waals surface area (Å²) >= 11 is 0. The van der Waals surface area contributed by atoms with Gasteiger partial charge in [0, 0.05) is 0 Å². The average molecular weight is 483 g/mol. The molecule has 2 fully saturated rings. The van der Waals surface area contributed by atoms with E-state index in [0.717, 1.165) is 28.9 Å². The van der Waals surface area contributed by atoms with E-state index in [1.807, 2.05) is 24.3 Å². The van der Waals surface area contributed by atoms with E-state index in [1.165, 1.54) is 102 Å². The number of hydrogen-bond acceptors (Lipinski definition) is 1. The Bertz CT molecular complexity index is 877. The van der Waals surface area contributed by atoms with Crippen molar-refractivity contribution in [1.29, 1.82) is 0 Å². The summed E-state index contributed by atoms with van der Waals surface area (Å²) in [5, 5.41) is 0. The molecule has 0 atom stereocenters. The first-order valence-corrected chi connectivity index (χ1v) is 14.3. The summed E-state index contributed by atoms with van der Waals surface area (Å²) < 4.78 is 33.0. The second kappa shape index (κ2) is 13.5. The highest BCUT2D eigenvalue weighted by Gasteiger charge is 2.31. The molecule has 4 rings (SSSR count). The van der Waals surface area contributed by atoms with E-state index in [9.17, 15) is 8.78 Å². The van der Waals surface area contributed by atoms with Gasteiger partial charge in [0.2, 0.25) is 0 Å². The molecule has 0 unspecified atom stereocenters. The van der Waals surface area contributed by atoms with Gasteiger partial charge in [-0.05, 0) is 85.1 Å². The molecule has 0 aromatic heterocycles. The van der Waals surface area contributed by atoms with Gasteiger partial charge in [0.15, 0.2) is 11.6 Å². The number of benzene rings is 2. The van der Waals surface area contributed by atoms with Gasteiger partial charge in [-0.2, -0.15) is 0 Å². The van der Waals surface area contributed by atoms with Gasteiger partial charge in [-0.25, -0.2) is 8.78 Å². The van der Waals surface area contributed by atoms with Crippen LogP contribution in [0, 0.1) is 29.4 Å². The van der Waals surface area contributed by atoms with E-state index in [-0.39, 0.29) is 0 Å². The minimum absolute atomic E-state index is 0.372. The second-order valence-electron chi connectivity index (χ2n) is 11.2. The number of halogens is 2. The lowest BCUT2D eigenvalue weighted by atomic mass is 9.70. The van der Waals surface area contributed by atoms with Crippen molar-refractivity contribution in [3.05, 3.63) is 59.7 Å². The lowest BCUT2D eigenvalue weighted by Crippen LogP contribution is -2.28. The van der Waals surface area contributed by atoms with Gasteiger partial charge in [-0.1, -0.05) is 88.6 Å². The molecule has 0 radical (unpaired) electrons. The third-order valence-corrected chi connectivity index (χ3v) is 8.69. The van der Waals surface area contributed by atoms with Gasteiger partial charge in [0.05, 0.1) is 12.7 Å². The minimum atomic E-state index is -0.811. The van der Waals surface area contributed by atoms with E-state index in [0.29, 0.717) is 18.3 Å². The molecular weight excluding hydrogens is 438 g/mol. The smallest absolute Gasteiger partial charge is 0.159 e. The van der Waals surface area contributed by atoms with Crippen LogP contribution in [0.25, 0.3) is 11.1 Å². The summed E-state index contributed by atoms with van der Waals surface area (Å²) in [6.07, 6.45) is 19.8. The number of ether oxygens (including phenoxy) is 1. The molecule has 0 saturated heterocycles. The first-order chi connectivity index (χ1) is 17.1. The zero-order valence-corrected chi connectivity index (χ0v) is 21.6. The zero-order valence-electron chi connectivity index (χ0n) is 21.6. The average Bonchev–Trinajstić information content (AvgIpc) is 2.90. The molecule has 2 aromatic carbocycles. The third kappa shape index (κ3) is 7.87. The summed E-state index contributed by atoms with van der Waals surface area (Å²) in [6, 6.07) is 12.0. The highest BCUT2D eigenvalue weighted by molar-refractivity contribution is 5.63. The molecule has 2 saturated carbocycles. The number of hydrogen-bond donors (Lipinski definition) is 0. The molecule has 1 nitrogen and oxygen atoms in total. The van der Waals surface area contributed by atoms with Crippen LogP contribution in [0.15, 0.2) is 42.5 Å². The largest absolute Gasteiger partial charge is 0.374 e. The maximum atomic E-state index is 13.5. The molecule has 0 spiro atoms. The molecule has 2 aliphatic carbocycles. The molecule has 2 aliphatic rings. The third-order valence-electron chi connectivity index (χ3n) is 8.69. The fourth-order valence-corrected chi connectivity index (χ4v) is 6.39. The second-order valence-corrected chi connectivity index (χ2v) is 11.2. The molecule has 0 N–H and O–H groups in total. The molecule has 0 amide bonds. The maximum absolute atomic E-state index is 13.5. The van der Waals surface area contributed by atoms with Gasteiger partial charge < -0.3 is 4.74 Å². The molecule has 192 valence electrons. The summed E-state index contributed by atoms with van der Waals surface area (Å²) in [5.74, 6) is 1.25. The van der Waals surface area contributed by atoms with Crippen LogP contribution < -0.4 is 0 Å². The Hall–Kier alpha value is -1.74. The maximum Gasteiger partial charge on any atom is 0.159 e. The summed E-state index contributed by atoms with van der Waals surface area (Å²) in [6.45, 7) is 2.92. The van der Waals surface area contributed by atoms with Gasteiger partial charge >= 0.3 is 0 Å².